The molecule has 0 heterocycles. The Kier molecular flexibility index (Phi) is 5.92. The summed E-state index contributed by atoms with van der Waals surface area (Å²) in [7, 11) is 0. The summed E-state index contributed by atoms with van der Waals surface area (Å²) < 4.78 is 3.34. The molecule has 1 aromatic rings. The zero-order chi connectivity index (χ0) is 12.7. The van der Waals surface area contributed by atoms with Gasteiger partial charge in [0.25, 0.3) is 0 Å². The zero-order valence-corrected chi connectivity index (χ0v) is 11.8. The number of nitrogens with one attached hydrogen (secondary N) is 1. The van der Waals surface area contributed by atoms with E-state index in [9.17, 15) is 0 Å². The van der Waals surface area contributed by atoms with Crippen LogP contribution in [0, 0.1) is 0 Å². The smallest absolute Gasteiger partial charge is 0.0397 e. The molecule has 2 heteroatoms. The summed E-state index contributed by atoms with van der Waals surface area (Å²) in [5, 5.41) is 0. The molecular weight excluding hydrogens is 226 g/mol. The first kappa shape index (κ1) is 13.9. The first-order valence-corrected chi connectivity index (χ1v) is 6.80. The maximum atomic E-state index is 3.34. The van der Waals surface area contributed by atoms with Gasteiger partial charge in [-0.2, -0.15) is 0 Å². The van der Waals surface area contributed by atoms with Gasteiger partial charge in [0.1, 0.15) is 0 Å². The molecule has 1 aromatic carbocycles. The molecule has 0 aliphatic carbocycles. The van der Waals surface area contributed by atoms with Crippen LogP contribution in [0.5, 0.6) is 0 Å². The standard InChI is InChI=1S/C15H21NS/c1-5-8-14(6-2)16-17-15-10-7-9-13(11-15)12(3)4/h5-12,16H,1-4H3/b8-5-,14-6+. The molecule has 0 bridgehead atoms. The molecule has 0 aliphatic heterocycles. The molecule has 0 unspecified atom stereocenters. The van der Waals surface area contributed by atoms with Gasteiger partial charge in [-0.15, -0.1) is 0 Å². The summed E-state index contributed by atoms with van der Waals surface area (Å²) in [6.45, 7) is 8.49. The zero-order valence-electron chi connectivity index (χ0n) is 11.0. The Bertz CT molecular complexity index is 405. The lowest BCUT2D eigenvalue weighted by Crippen LogP contribution is -2.00. The van der Waals surface area contributed by atoms with Crippen molar-refractivity contribution < 1.29 is 0 Å². The summed E-state index contributed by atoms with van der Waals surface area (Å²) in [5.74, 6) is 0.576. The summed E-state index contributed by atoms with van der Waals surface area (Å²) in [6, 6.07) is 8.67. The van der Waals surface area contributed by atoms with Crippen molar-refractivity contribution in [2.24, 2.45) is 0 Å². The van der Waals surface area contributed by atoms with Gasteiger partial charge in [0, 0.05) is 10.6 Å². The van der Waals surface area contributed by atoms with Crippen molar-refractivity contribution in [2.45, 2.75) is 38.5 Å². The Morgan fingerprint density at radius 1 is 1.29 bits per heavy atom. The van der Waals surface area contributed by atoms with Gasteiger partial charge >= 0.3 is 0 Å². The molecule has 0 radical (unpaired) electrons. The molecule has 0 saturated heterocycles. The molecule has 0 atom stereocenters. The number of hydrogen-bond acceptors (Lipinski definition) is 2. The molecule has 0 spiro atoms. The average Bonchev–Trinajstić information content (AvgIpc) is 2.34. The number of hydrogen-bond donors (Lipinski definition) is 1. The van der Waals surface area contributed by atoms with Crippen molar-refractivity contribution in [1.29, 1.82) is 0 Å². The van der Waals surface area contributed by atoms with Crippen LogP contribution < -0.4 is 4.72 Å². The van der Waals surface area contributed by atoms with E-state index in [-0.39, 0.29) is 0 Å². The number of rotatable bonds is 5. The fourth-order valence-electron chi connectivity index (χ4n) is 1.42. The Morgan fingerprint density at radius 3 is 2.65 bits per heavy atom. The van der Waals surface area contributed by atoms with E-state index in [0.717, 1.165) is 5.70 Å². The second kappa shape index (κ2) is 7.23. The van der Waals surface area contributed by atoms with Crippen LogP contribution in [-0.2, 0) is 0 Å². The second-order valence-corrected chi connectivity index (χ2v) is 5.05. The maximum absolute atomic E-state index is 3.34. The van der Waals surface area contributed by atoms with Crippen LogP contribution in [0.25, 0.3) is 0 Å². The normalized spacial score (nSPS) is 12.4. The summed E-state index contributed by atoms with van der Waals surface area (Å²) in [4.78, 5) is 1.25. The Hall–Kier alpha value is -1.15. The number of allylic oxidation sites excluding steroid dienone is 3. The van der Waals surface area contributed by atoms with Crippen LogP contribution in [0.2, 0.25) is 0 Å². The van der Waals surface area contributed by atoms with E-state index in [1.54, 1.807) is 11.9 Å². The highest BCUT2D eigenvalue weighted by Crippen LogP contribution is 2.22. The monoisotopic (exact) mass is 247 g/mol. The summed E-state index contributed by atoms with van der Waals surface area (Å²) >= 11 is 1.66. The van der Waals surface area contributed by atoms with E-state index in [2.05, 4.69) is 55.0 Å². The lowest BCUT2D eigenvalue weighted by Gasteiger charge is -2.09. The average molecular weight is 247 g/mol. The van der Waals surface area contributed by atoms with Crippen LogP contribution in [0.3, 0.4) is 0 Å². The third-order valence-electron chi connectivity index (χ3n) is 2.47. The Morgan fingerprint density at radius 2 is 2.06 bits per heavy atom. The van der Waals surface area contributed by atoms with Crippen LogP contribution in [0.4, 0.5) is 0 Å². The molecule has 0 fully saturated rings. The summed E-state index contributed by atoms with van der Waals surface area (Å²) in [5.41, 5.74) is 2.51. The van der Waals surface area contributed by atoms with E-state index < -0.39 is 0 Å². The van der Waals surface area contributed by atoms with E-state index in [1.807, 2.05) is 19.9 Å². The van der Waals surface area contributed by atoms with Gasteiger partial charge in [0.2, 0.25) is 0 Å². The molecular formula is C15H21NS. The minimum atomic E-state index is 0.576. The van der Waals surface area contributed by atoms with Crippen LogP contribution in [-0.4, -0.2) is 0 Å². The molecule has 0 aliphatic rings. The van der Waals surface area contributed by atoms with Crippen LogP contribution >= 0.6 is 11.9 Å². The van der Waals surface area contributed by atoms with Crippen molar-refractivity contribution in [1.82, 2.24) is 4.72 Å². The second-order valence-electron chi connectivity index (χ2n) is 4.18. The van der Waals surface area contributed by atoms with Crippen molar-refractivity contribution in [2.75, 3.05) is 0 Å². The highest BCUT2D eigenvalue weighted by molar-refractivity contribution is 7.97. The van der Waals surface area contributed by atoms with Gasteiger partial charge in [-0.25, -0.2) is 0 Å². The highest BCUT2D eigenvalue weighted by Gasteiger charge is 2.00. The van der Waals surface area contributed by atoms with Gasteiger partial charge in [0.15, 0.2) is 0 Å². The van der Waals surface area contributed by atoms with Crippen LogP contribution in [0.1, 0.15) is 39.2 Å². The topological polar surface area (TPSA) is 12.0 Å². The molecule has 0 amide bonds. The van der Waals surface area contributed by atoms with Gasteiger partial charge in [0.05, 0.1) is 0 Å². The summed E-state index contributed by atoms with van der Waals surface area (Å²) in [6.07, 6.45) is 6.17. The minimum Gasteiger partial charge on any atom is -0.326 e. The highest BCUT2D eigenvalue weighted by atomic mass is 32.2. The van der Waals surface area contributed by atoms with Crippen molar-refractivity contribution in [3.8, 4) is 0 Å². The first-order valence-electron chi connectivity index (χ1n) is 5.99. The van der Waals surface area contributed by atoms with Crippen molar-refractivity contribution in [3.05, 3.63) is 53.8 Å². The Balaban J connectivity index is 2.66. The quantitative estimate of drug-likeness (QED) is 0.587. The predicted octanol–water partition coefficient (Wildman–Crippen LogP) is 4.89. The minimum absolute atomic E-state index is 0.576. The number of benzene rings is 1. The first-order chi connectivity index (χ1) is 8.17. The molecule has 0 saturated carbocycles. The van der Waals surface area contributed by atoms with Gasteiger partial charge in [-0.05, 0) is 55.5 Å². The van der Waals surface area contributed by atoms with E-state index in [1.165, 1.54) is 10.5 Å². The fourth-order valence-corrected chi connectivity index (χ4v) is 2.19. The fraction of sp³-hybridized carbons (Fsp3) is 0.333. The van der Waals surface area contributed by atoms with E-state index >= 15 is 0 Å². The van der Waals surface area contributed by atoms with Gasteiger partial charge < -0.3 is 4.72 Å². The third-order valence-corrected chi connectivity index (χ3v) is 3.30. The van der Waals surface area contributed by atoms with Crippen molar-refractivity contribution in [3.63, 3.8) is 0 Å². The largest absolute Gasteiger partial charge is 0.326 e. The molecule has 92 valence electrons. The van der Waals surface area contributed by atoms with E-state index in [0.29, 0.717) is 5.92 Å². The van der Waals surface area contributed by atoms with Crippen LogP contribution in [0.15, 0.2) is 53.1 Å². The maximum Gasteiger partial charge on any atom is 0.0397 e. The molecule has 1 nitrogen and oxygen atoms in total. The van der Waals surface area contributed by atoms with E-state index in [4.69, 9.17) is 0 Å². The third kappa shape index (κ3) is 4.70. The molecule has 17 heavy (non-hydrogen) atoms. The lowest BCUT2D eigenvalue weighted by molar-refractivity contribution is 0.862. The van der Waals surface area contributed by atoms with Gasteiger partial charge in [-0.3, -0.25) is 0 Å². The SMILES string of the molecule is C/C=C\C(=C/C)NSc1cccc(C(C)C)c1. The predicted molar refractivity (Wildman–Crippen MR) is 78.1 cm³/mol. The molecule has 1 rings (SSSR count). The Labute approximate surface area is 109 Å². The lowest BCUT2D eigenvalue weighted by atomic mass is 10.0. The molecule has 1 N–H and O–H groups in total. The van der Waals surface area contributed by atoms with Gasteiger partial charge in [-0.1, -0.05) is 38.1 Å². The molecule has 0 aromatic heterocycles. The van der Waals surface area contributed by atoms with Crippen molar-refractivity contribution >= 4 is 11.9 Å².